The lowest BCUT2D eigenvalue weighted by atomic mass is 10.1. The second-order valence-corrected chi connectivity index (χ2v) is 4.69. The Labute approximate surface area is 118 Å². The quantitative estimate of drug-likeness (QED) is 0.835. The van der Waals surface area contributed by atoms with Gasteiger partial charge in [-0.05, 0) is 49.2 Å². The monoisotopic (exact) mass is 269 g/mol. The van der Waals surface area contributed by atoms with Gasteiger partial charge in [0.15, 0.2) is 0 Å². The van der Waals surface area contributed by atoms with Crippen LogP contribution in [0.3, 0.4) is 0 Å². The van der Waals surface area contributed by atoms with Crippen LogP contribution in [0.5, 0.6) is 0 Å². The second-order valence-electron chi connectivity index (χ2n) is 4.69. The van der Waals surface area contributed by atoms with E-state index in [1.54, 1.807) is 18.2 Å². The molecule has 0 unspecified atom stereocenters. The van der Waals surface area contributed by atoms with Crippen LogP contribution in [0.4, 0.5) is 10.1 Å². The van der Waals surface area contributed by atoms with E-state index in [0.717, 1.165) is 22.4 Å². The molecule has 0 bridgehead atoms. The van der Waals surface area contributed by atoms with Gasteiger partial charge in [-0.25, -0.2) is 4.39 Å². The third-order valence-electron chi connectivity index (χ3n) is 2.94. The number of anilines is 1. The maximum atomic E-state index is 12.7. The number of amides is 1. The minimum absolute atomic E-state index is 0.207. The van der Waals surface area contributed by atoms with Crippen molar-refractivity contribution in [1.82, 2.24) is 0 Å². The number of hydrogen-bond acceptors (Lipinski definition) is 1. The molecule has 0 aliphatic heterocycles. The van der Waals surface area contributed by atoms with Gasteiger partial charge in [-0.1, -0.05) is 29.8 Å². The molecule has 1 N–H and O–H groups in total. The zero-order valence-electron chi connectivity index (χ0n) is 11.5. The summed E-state index contributed by atoms with van der Waals surface area (Å²) in [6, 6.07) is 11.8. The summed E-state index contributed by atoms with van der Waals surface area (Å²) in [7, 11) is 0. The molecule has 0 spiro atoms. The Hall–Kier alpha value is -2.42. The van der Waals surface area contributed by atoms with Gasteiger partial charge in [0.2, 0.25) is 5.91 Å². The summed E-state index contributed by atoms with van der Waals surface area (Å²) in [5, 5.41) is 2.82. The minimum Gasteiger partial charge on any atom is -0.322 e. The molecule has 102 valence electrons. The van der Waals surface area contributed by atoms with Crippen LogP contribution >= 0.6 is 0 Å². The molecule has 0 heterocycles. The molecule has 20 heavy (non-hydrogen) atoms. The normalized spacial score (nSPS) is 10.8. The Bertz CT molecular complexity index is 645. The van der Waals surface area contributed by atoms with E-state index < -0.39 is 0 Å². The predicted octanol–water partition coefficient (Wildman–Crippen LogP) is 4.09. The molecular formula is C17H16FNO. The highest BCUT2D eigenvalue weighted by Gasteiger charge is 2.01. The van der Waals surface area contributed by atoms with Crippen LogP contribution in [0, 0.1) is 19.7 Å². The number of carbonyl (C=O) groups excluding carboxylic acids is 1. The molecule has 0 aliphatic rings. The molecule has 2 rings (SSSR count). The molecule has 0 radical (unpaired) electrons. The maximum absolute atomic E-state index is 12.7. The first-order valence-electron chi connectivity index (χ1n) is 6.36. The Morgan fingerprint density at radius 3 is 2.45 bits per heavy atom. The summed E-state index contributed by atoms with van der Waals surface area (Å²) in [5.41, 5.74) is 3.75. The van der Waals surface area contributed by atoms with Crippen molar-refractivity contribution in [2.45, 2.75) is 13.8 Å². The third kappa shape index (κ3) is 3.79. The standard InChI is InChI=1S/C17H16FNO/c1-12-3-9-16(13(2)11-12)19-17(20)10-6-14-4-7-15(18)8-5-14/h3-11H,1-2H3,(H,19,20). The highest BCUT2D eigenvalue weighted by atomic mass is 19.1. The first-order valence-corrected chi connectivity index (χ1v) is 6.36. The molecule has 0 fully saturated rings. The van der Waals surface area contributed by atoms with Crippen LogP contribution in [0.2, 0.25) is 0 Å². The Kier molecular flexibility index (Phi) is 4.31. The fourth-order valence-electron chi connectivity index (χ4n) is 1.87. The van der Waals surface area contributed by atoms with Crippen molar-refractivity contribution >= 4 is 17.7 Å². The van der Waals surface area contributed by atoms with Gasteiger partial charge in [0, 0.05) is 11.8 Å². The number of carbonyl (C=O) groups is 1. The molecule has 0 aromatic heterocycles. The second kappa shape index (κ2) is 6.15. The molecular weight excluding hydrogens is 253 g/mol. The molecule has 1 amide bonds. The highest BCUT2D eigenvalue weighted by molar-refractivity contribution is 6.02. The topological polar surface area (TPSA) is 29.1 Å². The van der Waals surface area contributed by atoms with Gasteiger partial charge in [0.25, 0.3) is 0 Å². The smallest absolute Gasteiger partial charge is 0.248 e. The number of halogens is 1. The largest absolute Gasteiger partial charge is 0.322 e. The van der Waals surface area contributed by atoms with E-state index in [2.05, 4.69) is 5.32 Å². The van der Waals surface area contributed by atoms with Crippen LogP contribution in [0.15, 0.2) is 48.5 Å². The number of hydrogen-bond donors (Lipinski definition) is 1. The van der Waals surface area contributed by atoms with Crippen molar-refractivity contribution in [3.63, 3.8) is 0 Å². The van der Waals surface area contributed by atoms with E-state index in [-0.39, 0.29) is 11.7 Å². The van der Waals surface area contributed by atoms with E-state index in [1.165, 1.54) is 18.2 Å². The SMILES string of the molecule is Cc1ccc(NC(=O)C=Cc2ccc(F)cc2)c(C)c1. The van der Waals surface area contributed by atoms with Crippen LogP contribution in [0.1, 0.15) is 16.7 Å². The van der Waals surface area contributed by atoms with Crippen molar-refractivity contribution in [2.75, 3.05) is 5.32 Å². The van der Waals surface area contributed by atoms with E-state index in [9.17, 15) is 9.18 Å². The third-order valence-corrected chi connectivity index (χ3v) is 2.94. The summed E-state index contributed by atoms with van der Waals surface area (Å²) in [6.07, 6.45) is 3.09. The van der Waals surface area contributed by atoms with Gasteiger partial charge in [-0.3, -0.25) is 4.79 Å². The number of rotatable bonds is 3. The van der Waals surface area contributed by atoms with Gasteiger partial charge in [0.1, 0.15) is 5.82 Å². The van der Waals surface area contributed by atoms with Crippen LogP contribution in [-0.4, -0.2) is 5.91 Å². The van der Waals surface area contributed by atoms with Crippen molar-refractivity contribution in [2.24, 2.45) is 0 Å². The summed E-state index contributed by atoms with van der Waals surface area (Å²) in [4.78, 5) is 11.8. The first kappa shape index (κ1) is 14.0. The lowest BCUT2D eigenvalue weighted by molar-refractivity contribution is -0.111. The first-order chi connectivity index (χ1) is 9.54. The zero-order valence-corrected chi connectivity index (χ0v) is 11.5. The Morgan fingerprint density at radius 2 is 1.80 bits per heavy atom. The van der Waals surface area contributed by atoms with Crippen molar-refractivity contribution in [1.29, 1.82) is 0 Å². The highest BCUT2D eigenvalue weighted by Crippen LogP contribution is 2.16. The maximum Gasteiger partial charge on any atom is 0.248 e. The molecule has 0 aliphatic carbocycles. The molecule has 0 saturated carbocycles. The van der Waals surface area contributed by atoms with E-state index >= 15 is 0 Å². The summed E-state index contributed by atoms with van der Waals surface area (Å²) in [5.74, 6) is -0.497. The molecule has 2 aromatic rings. The molecule has 2 aromatic carbocycles. The van der Waals surface area contributed by atoms with E-state index in [0.29, 0.717) is 0 Å². The lowest BCUT2D eigenvalue weighted by Gasteiger charge is -2.07. The van der Waals surface area contributed by atoms with Crippen LogP contribution < -0.4 is 5.32 Å². The molecule has 3 heteroatoms. The minimum atomic E-state index is -0.290. The van der Waals surface area contributed by atoms with Crippen molar-refractivity contribution in [3.8, 4) is 0 Å². The summed E-state index contributed by atoms with van der Waals surface area (Å²) < 4.78 is 12.7. The van der Waals surface area contributed by atoms with Gasteiger partial charge in [-0.15, -0.1) is 0 Å². The lowest BCUT2D eigenvalue weighted by Crippen LogP contribution is -2.08. The average Bonchev–Trinajstić information content (AvgIpc) is 2.41. The van der Waals surface area contributed by atoms with Gasteiger partial charge < -0.3 is 5.32 Å². The Morgan fingerprint density at radius 1 is 1.10 bits per heavy atom. The summed E-state index contributed by atoms with van der Waals surface area (Å²) >= 11 is 0. The zero-order chi connectivity index (χ0) is 14.5. The summed E-state index contributed by atoms with van der Waals surface area (Å²) in [6.45, 7) is 3.96. The van der Waals surface area contributed by atoms with E-state index in [1.807, 2.05) is 32.0 Å². The van der Waals surface area contributed by atoms with Crippen molar-refractivity contribution < 1.29 is 9.18 Å². The Balaban J connectivity index is 2.03. The molecule has 0 saturated heterocycles. The van der Waals surface area contributed by atoms with E-state index in [4.69, 9.17) is 0 Å². The fourth-order valence-corrected chi connectivity index (χ4v) is 1.87. The van der Waals surface area contributed by atoms with Crippen LogP contribution in [0.25, 0.3) is 6.08 Å². The molecule has 0 atom stereocenters. The predicted molar refractivity (Wildman–Crippen MR) is 80.0 cm³/mol. The number of benzene rings is 2. The number of nitrogens with one attached hydrogen (secondary N) is 1. The average molecular weight is 269 g/mol. The van der Waals surface area contributed by atoms with Crippen LogP contribution in [-0.2, 0) is 4.79 Å². The van der Waals surface area contributed by atoms with Gasteiger partial charge in [-0.2, -0.15) is 0 Å². The fraction of sp³-hybridized carbons (Fsp3) is 0.118. The number of aryl methyl sites for hydroxylation is 2. The van der Waals surface area contributed by atoms with Gasteiger partial charge in [0.05, 0.1) is 0 Å². The van der Waals surface area contributed by atoms with Crippen molar-refractivity contribution in [3.05, 3.63) is 71.0 Å². The van der Waals surface area contributed by atoms with Gasteiger partial charge >= 0.3 is 0 Å². The molecule has 2 nitrogen and oxygen atoms in total.